The van der Waals surface area contributed by atoms with Gasteiger partial charge in [0.05, 0.1) is 5.69 Å². The van der Waals surface area contributed by atoms with E-state index in [0.717, 1.165) is 33.3 Å². The Balaban J connectivity index is 1.37. The highest BCUT2D eigenvalue weighted by Gasteiger charge is 2.41. The highest BCUT2D eigenvalue weighted by Crippen LogP contribution is 2.36. The standard InChI is InChI=1S/C26H19FN4OS/c27-18-7-5-6-16(12-18)15-33-26-29-22-11-4-2-9-20(22)24-30-25(32)23(31(24)26)13-17-14-28-21-10-3-1-8-19(17)21/h1-12,14,23,28H,13,15H2. The number of carbonyl (C=O) groups is 1. The Hall–Kier alpha value is -3.71. The Morgan fingerprint density at radius 3 is 2.76 bits per heavy atom. The maximum atomic E-state index is 13.7. The number of aromatic nitrogens is 1. The summed E-state index contributed by atoms with van der Waals surface area (Å²) in [5, 5.41) is 1.80. The van der Waals surface area contributed by atoms with Crippen molar-refractivity contribution in [3.05, 3.63) is 102 Å². The Kier molecular flexibility index (Phi) is 4.84. The van der Waals surface area contributed by atoms with Crippen molar-refractivity contribution >= 4 is 45.3 Å². The number of nitrogens with one attached hydrogen (secondary N) is 1. The second-order valence-electron chi connectivity index (χ2n) is 8.05. The number of fused-ring (bicyclic) bond motifs is 4. The van der Waals surface area contributed by atoms with E-state index in [9.17, 15) is 9.18 Å². The zero-order valence-corrected chi connectivity index (χ0v) is 18.3. The highest BCUT2D eigenvalue weighted by molar-refractivity contribution is 8.13. The molecule has 7 heteroatoms. The lowest BCUT2D eigenvalue weighted by molar-refractivity contribution is -0.119. The fraction of sp³-hybridized carbons (Fsp3) is 0.115. The molecule has 5 nitrogen and oxygen atoms in total. The number of aliphatic imine (C=N–C) groups is 2. The van der Waals surface area contributed by atoms with Crippen LogP contribution in [0.1, 0.15) is 16.7 Å². The normalized spacial score (nSPS) is 17.1. The number of amides is 1. The zero-order chi connectivity index (χ0) is 22.4. The van der Waals surface area contributed by atoms with Gasteiger partial charge in [-0.15, -0.1) is 0 Å². The van der Waals surface area contributed by atoms with E-state index in [1.54, 1.807) is 6.07 Å². The average molecular weight is 455 g/mol. The summed E-state index contributed by atoms with van der Waals surface area (Å²) in [6.07, 6.45) is 2.47. The number of rotatable bonds is 4. The largest absolute Gasteiger partial charge is 0.361 e. The van der Waals surface area contributed by atoms with Crippen LogP contribution in [0.15, 0.2) is 89.0 Å². The number of hydrogen-bond acceptors (Lipinski definition) is 4. The lowest BCUT2D eigenvalue weighted by atomic mass is 10.0. The summed E-state index contributed by atoms with van der Waals surface area (Å²) in [5.74, 6) is 0.736. The first-order chi connectivity index (χ1) is 16.2. The maximum Gasteiger partial charge on any atom is 0.271 e. The van der Waals surface area contributed by atoms with E-state index in [0.29, 0.717) is 23.2 Å². The van der Waals surface area contributed by atoms with Crippen molar-refractivity contribution in [3.8, 4) is 0 Å². The van der Waals surface area contributed by atoms with Crippen LogP contribution >= 0.6 is 11.8 Å². The first-order valence-electron chi connectivity index (χ1n) is 10.7. The molecule has 0 saturated heterocycles. The summed E-state index contributed by atoms with van der Waals surface area (Å²) in [6, 6.07) is 21.9. The number of benzene rings is 3. The molecule has 1 unspecified atom stereocenters. The molecule has 0 fully saturated rings. The minimum atomic E-state index is -0.480. The van der Waals surface area contributed by atoms with Crippen molar-refractivity contribution in [1.82, 2.24) is 9.88 Å². The van der Waals surface area contributed by atoms with Gasteiger partial charge in [0.25, 0.3) is 5.91 Å². The van der Waals surface area contributed by atoms with Crippen LogP contribution in [0.5, 0.6) is 0 Å². The molecule has 4 aromatic rings. The number of amidine groups is 2. The smallest absolute Gasteiger partial charge is 0.271 e. The quantitative estimate of drug-likeness (QED) is 0.447. The number of aromatic amines is 1. The molecule has 1 N–H and O–H groups in total. The molecule has 0 spiro atoms. The monoisotopic (exact) mass is 454 g/mol. The van der Waals surface area contributed by atoms with Gasteiger partial charge in [-0.1, -0.05) is 54.2 Å². The molecular formula is C26H19FN4OS. The summed E-state index contributed by atoms with van der Waals surface area (Å²) >= 11 is 1.49. The van der Waals surface area contributed by atoms with Crippen LogP contribution in [-0.2, 0) is 17.0 Å². The van der Waals surface area contributed by atoms with Gasteiger partial charge < -0.3 is 4.98 Å². The van der Waals surface area contributed by atoms with Crippen molar-refractivity contribution in [3.63, 3.8) is 0 Å². The minimum absolute atomic E-state index is 0.175. The highest BCUT2D eigenvalue weighted by atomic mass is 32.2. The predicted octanol–water partition coefficient (Wildman–Crippen LogP) is 5.44. The first-order valence-corrected chi connectivity index (χ1v) is 11.7. The van der Waals surface area contributed by atoms with E-state index >= 15 is 0 Å². The summed E-state index contributed by atoms with van der Waals surface area (Å²) in [4.78, 5) is 27.7. The molecule has 2 aliphatic rings. The molecule has 3 aromatic carbocycles. The number of para-hydroxylation sites is 2. The third kappa shape index (κ3) is 3.54. The molecule has 2 aliphatic heterocycles. The lowest BCUT2D eigenvalue weighted by Gasteiger charge is -2.31. The van der Waals surface area contributed by atoms with E-state index in [4.69, 9.17) is 4.99 Å². The predicted molar refractivity (Wildman–Crippen MR) is 130 cm³/mol. The Morgan fingerprint density at radius 1 is 1.00 bits per heavy atom. The van der Waals surface area contributed by atoms with Gasteiger partial charge in [-0.05, 0) is 41.5 Å². The number of hydrogen-bond donors (Lipinski definition) is 1. The number of halogens is 1. The van der Waals surface area contributed by atoms with Gasteiger partial charge >= 0.3 is 0 Å². The van der Waals surface area contributed by atoms with Crippen LogP contribution in [0.2, 0.25) is 0 Å². The van der Waals surface area contributed by atoms with Crippen LogP contribution in [0, 0.1) is 5.82 Å². The van der Waals surface area contributed by atoms with Crippen molar-refractivity contribution in [1.29, 1.82) is 0 Å². The van der Waals surface area contributed by atoms with Crippen molar-refractivity contribution in [2.24, 2.45) is 9.98 Å². The second-order valence-corrected chi connectivity index (χ2v) is 9.00. The van der Waals surface area contributed by atoms with Crippen LogP contribution in [-0.4, -0.2) is 32.8 Å². The van der Waals surface area contributed by atoms with Gasteiger partial charge in [0.15, 0.2) is 5.17 Å². The van der Waals surface area contributed by atoms with Crippen molar-refractivity contribution < 1.29 is 9.18 Å². The summed E-state index contributed by atoms with van der Waals surface area (Å²) in [7, 11) is 0. The molecule has 33 heavy (non-hydrogen) atoms. The van der Waals surface area contributed by atoms with Gasteiger partial charge in [-0.3, -0.25) is 9.69 Å². The number of H-pyrrole nitrogens is 1. The summed E-state index contributed by atoms with van der Waals surface area (Å²) < 4.78 is 13.7. The zero-order valence-electron chi connectivity index (χ0n) is 17.5. The molecule has 0 radical (unpaired) electrons. The number of thioether (sulfide) groups is 1. The summed E-state index contributed by atoms with van der Waals surface area (Å²) in [6.45, 7) is 0. The van der Waals surface area contributed by atoms with E-state index in [1.807, 2.05) is 59.6 Å². The number of nitrogens with zero attached hydrogens (tertiary/aromatic N) is 3. The van der Waals surface area contributed by atoms with Crippen LogP contribution < -0.4 is 0 Å². The molecule has 6 rings (SSSR count). The van der Waals surface area contributed by atoms with Crippen molar-refractivity contribution in [2.45, 2.75) is 18.2 Å². The van der Waals surface area contributed by atoms with Crippen LogP contribution in [0.4, 0.5) is 10.1 Å². The fourth-order valence-electron chi connectivity index (χ4n) is 4.39. The molecule has 3 heterocycles. The molecule has 0 bridgehead atoms. The van der Waals surface area contributed by atoms with E-state index in [-0.39, 0.29) is 11.7 Å². The first kappa shape index (κ1) is 19.9. The molecule has 162 valence electrons. The van der Waals surface area contributed by atoms with Gasteiger partial charge in [-0.25, -0.2) is 9.38 Å². The lowest BCUT2D eigenvalue weighted by Crippen LogP contribution is -2.44. The van der Waals surface area contributed by atoms with E-state index < -0.39 is 6.04 Å². The Labute approximate surface area is 194 Å². The van der Waals surface area contributed by atoms with Gasteiger partial charge in [0.1, 0.15) is 17.7 Å². The fourth-order valence-corrected chi connectivity index (χ4v) is 5.38. The van der Waals surface area contributed by atoms with Gasteiger partial charge in [0.2, 0.25) is 0 Å². The van der Waals surface area contributed by atoms with E-state index in [1.165, 1.54) is 23.9 Å². The second kappa shape index (κ2) is 8.01. The SMILES string of the molecule is O=C1N=C2c3ccccc3N=C(SCc3cccc(F)c3)N2C1Cc1c[nH]c2ccccc12. The summed E-state index contributed by atoms with van der Waals surface area (Å²) in [5.41, 5.74) is 4.60. The van der Waals surface area contributed by atoms with Gasteiger partial charge in [0, 0.05) is 34.8 Å². The topological polar surface area (TPSA) is 60.8 Å². The third-order valence-electron chi connectivity index (χ3n) is 5.95. The van der Waals surface area contributed by atoms with Gasteiger partial charge in [-0.2, -0.15) is 4.99 Å². The average Bonchev–Trinajstić information content (AvgIpc) is 3.39. The molecular weight excluding hydrogens is 435 g/mol. The molecule has 1 aromatic heterocycles. The molecule has 1 atom stereocenters. The Morgan fingerprint density at radius 2 is 1.85 bits per heavy atom. The van der Waals surface area contributed by atoms with Crippen molar-refractivity contribution in [2.75, 3.05) is 0 Å². The Bertz CT molecular complexity index is 1460. The minimum Gasteiger partial charge on any atom is -0.361 e. The van der Waals surface area contributed by atoms with Crippen LogP contribution in [0.3, 0.4) is 0 Å². The molecule has 0 aliphatic carbocycles. The third-order valence-corrected chi connectivity index (χ3v) is 6.98. The number of carbonyl (C=O) groups excluding carboxylic acids is 1. The maximum absolute atomic E-state index is 13.7. The van der Waals surface area contributed by atoms with E-state index in [2.05, 4.69) is 16.0 Å². The molecule has 0 saturated carbocycles. The molecule has 1 amide bonds. The van der Waals surface area contributed by atoms with Crippen LogP contribution in [0.25, 0.3) is 10.9 Å².